The number of sulfonamides is 1. The summed E-state index contributed by atoms with van der Waals surface area (Å²) in [5.41, 5.74) is 6.05. The van der Waals surface area contributed by atoms with Crippen molar-refractivity contribution in [2.75, 3.05) is 13.2 Å². The molecule has 0 aliphatic carbocycles. The minimum absolute atomic E-state index is 0.170. The molecule has 1 heterocycles. The molecule has 19 heavy (non-hydrogen) atoms. The second kappa shape index (κ2) is 5.96. The lowest BCUT2D eigenvalue weighted by Gasteiger charge is -2.23. The Kier molecular flexibility index (Phi) is 4.51. The lowest BCUT2D eigenvalue weighted by molar-refractivity contribution is 0.0774. The van der Waals surface area contributed by atoms with Crippen molar-refractivity contribution in [1.82, 2.24) is 4.72 Å². The van der Waals surface area contributed by atoms with E-state index in [1.54, 1.807) is 12.1 Å². The molecule has 2 rings (SSSR count). The number of ether oxygens (including phenoxy) is 1. The Morgan fingerprint density at radius 1 is 1.47 bits per heavy atom. The molecular weight excluding hydrogens is 284 g/mol. The fraction of sp³-hybridized carbons (Fsp3) is 0.417. The lowest BCUT2D eigenvalue weighted by Crippen LogP contribution is -2.40. The van der Waals surface area contributed by atoms with Crippen LogP contribution in [-0.2, 0) is 14.8 Å². The quantitative estimate of drug-likeness (QED) is 0.803. The maximum absolute atomic E-state index is 12.2. The molecule has 1 atom stereocenters. The van der Waals surface area contributed by atoms with Crippen LogP contribution < -0.4 is 10.5 Å². The molecule has 5 nitrogen and oxygen atoms in total. The Labute approximate surface area is 118 Å². The highest BCUT2D eigenvalue weighted by molar-refractivity contribution is 7.89. The summed E-state index contributed by atoms with van der Waals surface area (Å²) in [5, 5.41) is 0. The third kappa shape index (κ3) is 3.73. The van der Waals surface area contributed by atoms with Gasteiger partial charge in [0, 0.05) is 18.2 Å². The van der Waals surface area contributed by atoms with Gasteiger partial charge in [-0.05, 0) is 25.0 Å². The molecule has 1 aromatic rings. The topological polar surface area (TPSA) is 81.4 Å². The van der Waals surface area contributed by atoms with Crippen LogP contribution in [0.15, 0.2) is 29.2 Å². The molecule has 0 aromatic heterocycles. The molecular formula is C12H16N2O3S2. The number of benzene rings is 1. The molecule has 3 N–H and O–H groups in total. The molecule has 1 aromatic carbocycles. The van der Waals surface area contributed by atoms with Crippen molar-refractivity contribution in [2.45, 2.75) is 23.8 Å². The van der Waals surface area contributed by atoms with Crippen LogP contribution in [-0.4, -0.2) is 32.7 Å². The second-order valence-electron chi connectivity index (χ2n) is 4.43. The fourth-order valence-electron chi connectivity index (χ4n) is 1.94. The summed E-state index contributed by atoms with van der Waals surface area (Å²) in [5.74, 6) is 0. The number of rotatable bonds is 4. The Balaban J connectivity index is 2.18. The molecule has 1 aliphatic rings. The van der Waals surface area contributed by atoms with Crippen LogP contribution in [0, 0.1) is 0 Å². The summed E-state index contributed by atoms with van der Waals surface area (Å²) < 4.78 is 32.3. The lowest BCUT2D eigenvalue weighted by atomic mass is 10.1. The standard InChI is InChI=1S/C12H16N2O3S2/c13-12(18)9-3-1-5-11(7-9)19(15,16)14-10-4-2-6-17-8-10/h1,3,5,7,10,14H,2,4,6,8H2,(H2,13,18). The van der Waals surface area contributed by atoms with Crippen LogP contribution >= 0.6 is 12.2 Å². The molecule has 0 amide bonds. The first-order valence-corrected chi connectivity index (χ1v) is 7.88. The monoisotopic (exact) mass is 300 g/mol. The number of thiocarbonyl (C=S) groups is 1. The van der Waals surface area contributed by atoms with Gasteiger partial charge >= 0.3 is 0 Å². The largest absolute Gasteiger partial charge is 0.389 e. The van der Waals surface area contributed by atoms with Gasteiger partial charge in [0.1, 0.15) is 4.99 Å². The third-order valence-electron chi connectivity index (χ3n) is 2.91. The molecule has 0 bridgehead atoms. The summed E-state index contributed by atoms with van der Waals surface area (Å²) in [4.78, 5) is 0.349. The van der Waals surface area contributed by atoms with Crippen LogP contribution in [0.2, 0.25) is 0 Å². The highest BCUT2D eigenvalue weighted by Gasteiger charge is 2.22. The zero-order valence-electron chi connectivity index (χ0n) is 10.3. The Morgan fingerprint density at radius 3 is 2.89 bits per heavy atom. The predicted molar refractivity (Wildman–Crippen MR) is 76.5 cm³/mol. The van der Waals surface area contributed by atoms with Crippen molar-refractivity contribution in [2.24, 2.45) is 5.73 Å². The molecule has 0 saturated carbocycles. The van der Waals surface area contributed by atoms with Gasteiger partial charge in [0.15, 0.2) is 0 Å². The van der Waals surface area contributed by atoms with Crippen LogP contribution in [0.3, 0.4) is 0 Å². The normalized spacial score (nSPS) is 20.1. The van der Waals surface area contributed by atoms with Gasteiger partial charge < -0.3 is 10.5 Å². The second-order valence-corrected chi connectivity index (χ2v) is 6.58. The van der Waals surface area contributed by atoms with Crippen LogP contribution in [0.1, 0.15) is 18.4 Å². The van der Waals surface area contributed by atoms with E-state index in [1.807, 2.05) is 0 Å². The fourth-order valence-corrected chi connectivity index (χ4v) is 3.37. The van der Waals surface area contributed by atoms with Crippen LogP contribution in [0.25, 0.3) is 0 Å². The summed E-state index contributed by atoms with van der Waals surface area (Å²) in [7, 11) is -3.56. The number of nitrogens with two attached hydrogens (primary N) is 1. The Morgan fingerprint density at radius 2 is 2.26 bits per heavy atom. The first kappa shape index (κ1) is 14.4. The smallest absolute Gasteiger partial charge is 0.240 e. The SMILES string of the molecule is NC(=S)c1cccc(S(=O)(=O)NC2CCCOC2)c1. The van der Waals surface area contributed by atoms with Crippen molar-refractivity contribution in [1.29, 1.82) is 0 Å². The maximum atomic E-state index is 12.2. The minimum Gasteiger partial charge on any atom is -0.389 e. The first-order valence-electron chi connectivity index (χ1n) is 5.99. The minimum atomic E-state index is -3.56. The molecule has 0 spiro atoms. The van der Waals surface area contributed by atoms with Gasteiger partial charge in [-0.3, -0.25) is 0 Å². The van der Waals surface area contributed by atoms with E-state index >= 15 is 0 Å². The molecule has 1 unspecified atom stereocenters. The van der Waals surface area contributed by atoms with E-state index in [4.69, 9.17) is 22.7 Å². The van der Waals surface area contributed by atoms with Crippen molar-refractivity contribution in [3.63, 3.8) is 0 Å². The van der Waals surface area contributed by atoms with Crippen molar-refractivity contribution < 1.29 is 13.2 Å². The van der Waals surface area contributed by atoms with E-state index in [9.17, 15) is 8.42 Å². The van der Waals surface area contributed by atoms with Crippen molar-refractivity contribution in [3.8, 4) is 0 Å². The van der Waals surface area contributed by atoms with Gasteiger partial charge in [-0.1, -0.05) is 24.4 Å². The van der Waals surface area contributed by atoms with Gasteiger partial charge in [0.2, 0.25) is 10.0 Å². The molecule has 1 aliphatic heterocycles. The number of nitrogens with one attached hydrogen (secondary N) is 1. The average Bonchev–Trinajstić information content (AvgIpc) is 2.39. The van der Waals surface area contributed by atoms with E-state index in [-0.39, 0.29) is 15.9 Å². The van der Waals surface area contributed by atoms with E-state index in [1.165, 1.54) is 12.1 Å². The van der Waals surface area contributed by atoms with Crippen LogP contribution in [0.5, 0.6) is 0 Å². The van der Waals surface area contributed by atoms with Gasteiger partial charge in [-0.25, -0.2) is 13.1 Å². The number of hydrogen-bond acceptors (Lipinski definition) is 4. The molecule has 104 valence electrons. The Bertz CT molecular complexity index is 566. The van der Waals surface area contributed by atoms with E-state index in [2.05, 4.69) is 4.72 Å². The van der Waals surface area contributed by atoms with Gasteiger partial charge in [0.05, 0.1) is 11.5 Å². The van der Waals surface area contributed by atoms with Gasteiger partial charge in [0.25, 0.3) is 0 Å². The Hall–Kier alpha value is -1.02. The highest BCUT2D eigenvalue weighted by Crippen LogP contribution is 2.14. The maximum Gasteiger partial charge on any atom is 0.240 e. The van der Waals surface area contributed by atoms with E-state index in [0.717, 1.165) is 12.8 Å². The van der Waals surface area contributed by atoms with E-state index < -0.39 is 10.0 Å². The van der Waals surface area contributed by atoms with Gasteiger partial charge in [-0.15, -0.1) is 0 Å². The summed E-state index contributed by atoms with van der Waals surface area (Å²) in [6.07, 6.45) is 1.65. The molecule has 1 fully saturated rings. The van der Waals surface area contributed by atoms with Crippen LogP contribution in [0.4, 0.5) is 0 Å². The van der Waals surface area contributed by atoms with E-state index in [0.29, 0.717) is 18.8 Å². The zero-order chi connectivity index (χ0) is 13.9. The molecule has 0 radical (unpaired) electrons. The molecule has 7 heteroatoms. The average molecular weight is 300 g/mol. The molecule has 1 saturated heterocycles. The first-order chi connectivity index (χ1) is 8.99. The predicted octanol–water partition coefficient (Wildman–Crippen LogP) is 0.778. The highest BCUT2D eigenvalue weighted by atomic mass is 32.2. The summed E-state index contributed by atoms with van der Waals surface area (Å²) in [6.45, 7) is 1.10. The van der Waals surface area contributed by atoms with Crippen molar-refractivity contribution in [3.05, 3.63) is 29.8 Å². The van der Waals surface area contributed by atoms with Gasteiger partial charge in [-0.2, -0.15) is 0 Å². The zero-order valence-corrected chi connectivity index (χ0v) is 12.0. The third-order valence-corrected chi connectivity index (χ3v) is 4.66. The summed E-state index contributed by atoms with van der Waals surface area (Å²) in [6, 6.07) is 6.14. The summed E-state index contributed by atoms with van der Waals surface area (Å²) >= 11 is 4.85. The number of hydrogen-bond donors (Lipinski definition) is 2. The van der Waals surface area contributed by atoms with Crippen molar-refractivity contribution >= 4 is 27.2 Å².